The summed E-state index contributed by atoms with van der Waals surface area (Å²) in [5.41, 5.74) is 5.51. The molecule has 0 saturated carbocycles. The fourth-order valence-corrected chi connectivity index (χ4v) is 0.559. The standard InChI is InChI=1S/C6H7N3O.C2H6/c1-2-3-5(7)6-8-4-9-10-6;1-2/h1,4-5H,3,7H2;1-2H3. The highest BCUT2D eigenvalue weighted by Crippen LogP contribution is 2.07. The van der Waals surface area contributed by atoms with Crippen molar-refractivity contribution in [3.05, 3.63) is 12.2 Å². The fraction of sp³-hybridized carbons (Fsp3) is 0.500. The van der Waals surface area contributed by atoms with Gasteiger partial charge in [0, 0.05) is 6.42 Å². The maximum atomic E-state index is 5.51. The van der Waals surface area contributed by atoms with Crippen molar-refractivity contribution in [3.8, 4) is 12.3 Å². The molecule has 66 valence electrons. The molecule has 0 spiro atoms. The van der Waals surface area contributed by atoms with Gasteiger partial charge in [-0.3, -0.25) is 0 Å². The number of nitrogens with zero attached hydrogens (tertiary/aromatic N) is 2. The molecule has 1 aromatic rings. The van der Waals surface area contributed by atoms with Crippen molar-refractivity contribution in [2.75, 3.05) is 0 Å². The number of hydrogen-bond donors (Lipinski definition) is 1. The molecular weight excluding hydrogens is 154 g/mol. The molecule has 4 heteroatoms. The maximum Gasteiger partial charge on any atom is 0.244 e. The lowest BCUT2D eigenvalue weighted by Crippen LogP contribution is -2.09. The smallest absolute Gasteiger partial charge is 0.244 e. The Morgan fingerprint density at radius 2 is 2.42 bits per heavy atom. The Kier molecular flexibility index (Phi) is 5.66. The van der Waals surface area contributed by atoms with Crippen LogP contribution in [0.15, 0.2) is 10.9 Å². The molecular formula is C8H13N3O. The molecule has 0 amide bonds. The Morgan fingerprint density at radius 3 is 2.83 bits per heavy atom. The van der Waals surface area contributed by atoms with Crippen LogP contribution in [0.3, 0.4) is 0 Å². The Labute approximate surface area is 72.2 Å². The molecule has 1 unspecified atom stereocenters. The summed E-state index contributed by atoms with van der Waals surface area (Å²) in [4.78, 5) is 3.74. The number of nitrogens with two attached hydrogens (primary N) is 1. The van der Waals surface area contributed by atoms with Crippen molar-refractivity contribution in [2.45, 2.75) is 26.3 Å². The second-order valence-electron chi connectivity index (χ2n) is 1.79. The monoisotopic (exact) mass is 167 g/mol. The molecule has 2 N–H and O–H groups in total. The molecule has 1 aromatic heterocycles. The SMILES string of the molecule is C#CCC(N)c1ncno1.CC. The highest BCUT2D eigenvalue weighted by molar-refractivity contribution is 4.95. The van der Waals surface area contributed by atoms with Gasteiger partial charge in [0.1, 0.15) is 0 Å². The average Bonchev–Trinajstić information content (AvgIpc) is 2.60. The van der Waals surface area contributed by atoms with Crippen molar-refractivity contribution in [2.24, 2.45) is 5.73 Å². The average molecular weight is 167 g/mol. The van der Waals surface area contributed by atoms with E-state index in [2.05, 4.69) is 20.6 Å². The van der Waals surface area contributed by atoms with Crippen molar-refractivity contribution in [1.82, 2.24) is 10.1 Å². The van der Waals surface area contributed by atoms with Crippen LogP contribution in [0.2, 0.25) is 0 Å². The molecule has 0 aliphatic rings. The first-order valence-electron chi connectivity index (χ1n) is 3.80. The van der Waals surface area contributed by atoms with E-state index in [1.54, 1.807) is 0 Å². The molecule has 12 heavy (non-hydrogen) atoms. The van der Waals surface area contributed by atoms with Gasteiger partial charge in [-0.2, -0.15) is 4.98 Å². The van der Waals surface area contributed by atoms with E-state index in [-0.39, 0.29) is 6.04 Å². The first-order valence-corrected chi connectivity index (χ1v) is 3.80. The zero-order valence-electron chi connectivity index (χ0n) is 7.32. The first kappa shape index (κ1) is 10.7. The van der Waals surface area contributed by atoms with Gasteiger partial charge >= 0.3 is 0 Å². The minimum atomic E-state index is -0.326. The third-order valence-corrected chi connectivity index (χ3v) is 1.03. The topological polar surface area (TPSA) is 64.9 Å². The third kappa shape index (κ3) is 3.17. The van der Waals surface area contributed by atoms with Gasteiger partial charge in [0.25, 0.3) is 0 Å². The van der Waals surface area contributed by atoms with Crippen LogP contribution in [-0.2, 0) is 0 Å². The molecule has 0 bridgehead atoms. The summed E-state index contributed by atoms with van der Waals surface area (Å²) in [5, 5.41) is 3.39. The number of aromatic nitrogens is 2. The van der Waals surface area contributed by atoms with E-state index in [9.17, 15) is 0 Å². The molecule has 0 aromatic carbocycles. The van der Waals surface area contributed by atoms with Crippen LogP contribution in [0.5, 0.6) is 0 Å². The highest BCUT2D eigenvalue weighted by atomic mass is 16.5. The summed E-state index contributed by atoms with van der Waals surface area (Å²) in [6.07, 6.45) is 6.73. The van der Waals surface area contributed by atoms with Crippen LogP contribution < -0.4 is 5.73 Å². The van der Waals surface area contributed by atoms with Crippen LogP contribution in [-0.4, -0.2) is 10.1 Å². The Balaban J connectivity index is 0.000000561. The lowest BCUT2D eigenvalue weighted by atomic mass is 10.2. The summed E-state index contributed by atoms with van der Waals surface area (Å²) in [7, 11) is 0. The summed E-state index contributed by atoms with van der Waals surface area (Å²) < 4.78 is 4.67. The van der Waals surface area contributed by atoms with Crippen molar-refractivity contribution in [1.29, 1.82) is 0 Å². The number of hydrogen-bond acceptors (Lipinski definition) is 4. The molecule has 1 heterocycles. The second-order valence-corrected chi connectivity index (χ2v) is 1.79. The lowest BCUT2D eigenvalue weighted by Gasteiger charge is -1.98. The van der Waals surface area contributed by atoms with E-state index in [0.29, 0.717) is 12.3 Å². The van der Waals surface area contributed by atoms with E-state index < -0.39 is 0 Å². The van der Waals surface area contributed by atoms with Gasteiger partial charge in [-0.15, -0.1) is 12.3 Å². The van der Waals surface area contributed by atoms with Crippen molar-refractivity contribution in [3.63, 3.8) is 0 Å². The Bertz CT molecular complexity index is 225. The van der Waals surface area contributed by atoms with Crippen LogP contribution >= 0.6 is 0 Å². The van der Waals surface area contributed by atoms with Gasteiger partial charge in [0.05, 0.1) is 6.04 Å². The van der Waals surface area contributed by atoms with Gasteiger partial charge in [0.15, 0.2) is 6.33 Å². The quantitative estimate of drug-likeness (QED) is 0.670. The van der Waals surface area contributed by atoms with E-state index in [0.717, 1.165) is 0 Å². The highest BCUT2D eigenvalue weighted by Gasteiger charge is 2.08. The van der Waals surface area contributed by atoms with Crippen molar-refractivity contribution >= 4 is 0 Å². The molecule has 1 rings (SSSR count). The fourth-order valence-electron chi connectivity index (χ4n) is 0.559. The lowest BCUT2D eigenvalue weighted by molar-refractivity contribution is 0.355. The maximum absolute atomic E-state index is 5.51. The van der Waals surface area contributed by atoms with Gasteiger partial charge in [-0.25, -0.2) is 0 Å². The third-order valence-electron chi connectivity index (χ3n) is 1.03. The van der Waals surface area contributed by atoms with E-state index >= 15 is 0 Å². The number of terminal acetylenes is 1. The first-order chi connectivity index (χ1) is 5.84. The van der Waals surface area contributed by atoms with Gasteiger partial charge < -0.3 is 10.3 Å². The summed E-state index contributed by atoms with van der Waals surface area (Å²) >= 11 is 0. The normalized spacial score (nSPS) is 10.8. The molecule has 0 saturated heterocycles. The zero-order valence-corrected chi connectivity index (χ0v) is 7.32. The van der Waals surface area contributed by atoms with Crippen LogP contribution in [0.4, 0.5) is 0 Å². The molecule has 0 aliphatic carbocycles. The van der Waals surface area contributed by atoms with E-state index in [1.807, 2.05) is 13.8 Å². The zero-order chi connectivity index (χ0) is 9.40. The van der Waals surface area contributed by atoms with Crippen LogP contribution in [0.25, 0.3) is 0 Å². The minimum Gasteiger partial charge on any atom is -0.338 e. The largest absolute Gasteiger partial charge is 0.338 e. The van der Waals surface area contributed by atoms with Gasteiger partial charge in [-0.05, 0) is 0 Å². The molecule has 0 aliphatic heterocycles. The summed E-state index contributed by atoms with van der Waals surface area (Å²) in [5.74, 6) is 2.79. The predicted octanol–water partition coefficient (Wildman–Crippen LogP) is 1.12. The van der Waals surface area contributed by atoms with Crippen molar-refractivity contribution < 1.29 is 4.52 Å². The molecule has 0 fully saturated rings. The van der Waals surface area contributed by atoms with E-state index in [4.69, 9.17) is 12.2 Å². The molecule has 4 nitrogen and oxygen atoms in total. The Hall–Kier alpha value is -1.34. The number of rotatable bonds is 2. The van der Waals surface area contributed by atoms with Crippen LogP contribution in [0, 0.1) is 12.3 Å². The van der Waals surface area contributed by atoms with Gasteiger partial charge in [-0.1, -0.05) is 19.0 Å². The minimum absolute atomic E-state index is 0.326. The summed E-state index contributed by atoms with van der Waals surface area (Å²) in [6.45, 7) is 4.00. The van der Waals surface area contributed by atoms with Gasteiger partial charge in [0.2, 0.25) is 5.89 Å². The molecule has 1 atom stereocenters. The summed E-state index contributed by atoms with van der Waals surface area (Å²) in [6, 6.07) is -0.326. The Morgan fingerprint density at radius 1 is 1.75 bits per heavy atom. The molecule has 0 radical (unpaired) electrons. The second kappa shape index (κ2) is 6.38. The van der Waals surface area contributed by atoms with E-state index in [1.165, 1.54) is 6.33 Å². The van der Waals surface area contributed by atoms with Crippen LogP contribution in [0.1, 0.15) is 32.2 Å². The predicted molar refractivity (Wildman–Crippen MR) is 46.0 cm³/mol.